The van der Waals surface area contributed by atoms with Crippen molar-refractivity contribution in [1.29, 1.82) is 0 Å². The number of phenolic OH excluding ortho intramolecular Hbond substituents is 1. The van der Waals surface area contributed by atoms with Crippen molar-refractivity contribution in [2.45, 2.75) is 37.0 Å². The second-order valence-electron chi connectivity index (χ2n) is 7.15. The molecule has 8 N–H and O–H groups in total. The standard InChI is InChI=1S/C20H30N4O7S2/c1-33-7-6-14(20(30)31)22-19(29)16(10-32)24-18(28)15(9-25)23-17(27)13(21)8-11-2-4-12(26)5-3-11/h2-5,13-16,25-26,32H,6-10,21H2,1H3,(H,22,29)(H,23,27)(H,24,28)(H,30,31). The molecular formula is C20H30N4O7S2. The number of carboxylic acids is 1. The van der Waals surface area contributed by atoms with Gasteiger partial charge < -0.3 is 37.0 Å². The largest absolute Gasteiger partial charge is 0.508 e. The van der Waals surface area contributed by atoms with Gasteiger partial charge in [-0.3, -0.25) is 14.4 Å². The maximum absolute atomic E-state index is 12.5. The number of rotatable bonds is 14. The molecule has 0 aliphatic heterocycles. The highest BCUT2D eigenvalue weighted by Crippen LogP contribution is 2.11. The molecule has 0 aliphatic rings. The minimum Gasteiger partial charge on any atom is -0.508 e. The van der Waals surface area contributed by atoms with Gasteiger partial charge in [-0.15, -0.1) is 0 Å². The molecule has 1 aromatic carbocycles. The molecule has 0 fully saturated rings. The van der Waals surface area contributed by atoms with Crippen LogP contribution >= 0.6 is 24.4 Å². The van der Waals surface area contributed by atoms with Gasteiger partial charge in [-0.05, 0) is 42.5 Å². The summed E-state index contributed by atoms with van der Waals surface area (Å²) in [6.07, 6.45) is 2.13. The van der Waals surface area contributed by atoms with Crippen LogP contribution < -0.4 is 21.7 Å². The first-order valence-corrected chi connectivity index (χ1v) is 12.0. The van der Waals surface area contributed by atoms with Crippen molar-refractivity contribution in [3.05, 3.63) is 29.8 Å². The highest BCUT2D eigenvalue weighted by atomic mass is 32.2. The van der Waals surface area contributed by atoms with Gasteiger partial charge in [0, 0.05) is 5.75 Å². The number of aromatic hydroxyl groups is 1. The van der Waals surface area contributed by atoms with Crippen molar-refractivity contribution >= 4 is 48.1 Å². The van der Waals surface area contributed by atoms with Crippen LogP contribution in [0.2, 0.25) is 0 Å². The summed E-state index contributed by atoms with van der Waals surface area (Å²) in [7, 11) is 0. The second kappa shape index (κ2) is 14.6. The summed E-state index contributed by atoms with van der Waals surface area (Å²) in [5.41, 5.74) is 6.55. The summed E-state index contributed by atoms with van der Waals surface area (Å²) in [6.45, 7) is -0.754. The molecule has 4 atom stereocenters. The van der Waals surface area contributed by atoms with E-state index in [1.807, 2.05) is 0 Å². The Kier molecular flexibility index (Phi) is 12.7. The number of thiol groups is 1. The van der Waals surface area contributed by atoms with E-state index in [4.69, 9.17) is 5.73 Å². The third-order valence-corrected chi connectivity index (χ3v) is 5.59. The molecule has 0 aliphatic carbocycles. The maximum atomic E-state index is 12.5. The molecule has 0 saturated carbocycles. The Hall–Kier alpha value is -2.48. The molecule has 1 rings (SSSR count). The second-order valence-corrected chi connectivity index (χ2v) is 8.50. The van der Waals surface area contributed by atoms with Crippen LogP contribution in [0.25, 0.3) is 0 Å². The molecule has 13 heteroatoms. The summed E-state index contributed by atoms with van der Waals surface area (Å²) in [4.78, 5) is 48.6. The normalized spacial score (nSPS) is 14.4. The van der Waals surface area contributed by atoms with Crippen LogP contribution in [0.1, 0.15) is 12.0 Å². The van der Waals surface area contributed by atoms with E-state index in [0.29, 0.717) is 11.3 Å². The fourth-order valence-electron chi connectivity index (χ4n) is 2.68. The lowest BCUT2D eigenvalue weighted by Crippen LogP contribution is -2.58. The molecule has 4 unspecified atom stereocenters. The smallest absolute Gasteiger partial charge is 0.326 e. The van der Waals surface area contributed by atoms with Gasteiger partial charge in [0.05, 0.1) is 12.6 Å². The van der Waals surface area contributed by atoms with E-state index in [2.05, 4.69) is 28.6 Å². The van der Waals surface area contributed by atoms with Crippen molar-refractivity contribution in [1.82, 2.24) is 16.0 Å². The van der Waals surface area contributed by atoms with E-state index in [1.54, 1.807) is 18.4 Å². The Balaban J connectivity index is 2.69. The topological polar surface area (TPSA) is 191 Å². The van der Waals surface area contributed by atoms with Crippen molar-refractivity contribution in [2.24, 2.45) is 5.73 Å². The van der Waals surface area contributed by atoms with E-state index in [0.717, 1.165) is 0 Å². The fraction of sp³-hybridized carbons (Fsp3) is 0.500. The molecular weight excluding hydrogens is 472 g/mol. The summed E-state index contributed by atoms with van der Waals surface area (Å²) in [5.74, 6) is -3.07. The highest BCUT2D eigenvalue weighted by Gasteiger charge is 2.29. The van der Waals surface area contributed by atoms with E-state index in [9.17, 15) is 34.5 Å². The molecule has 11 nitrogen and oxygen atoms in total. The van der Waals surface area contributed by atoms with Gasteiger partial charge in [0.1, 0.15) is 23.9 Å². The number of nitrogens with one attached hydrogen (secondary N) is 3. The minimum absolute atomic E-state index is 0.0653. The molecule has 0 saturated heterocycles. The van der Waals surface area contributed by atoms with Crippen LogP contribution in [-0.2, 0) is 25.6 Å². The Morgan fingerprint density at radius 1 is 1.00 bits per heavy atom. The molecule has 3 amide bonds. The summed E-state index contributed by atoms with van der Waals surface area (Å²) >= 11 is 5.45. The van der Waals surface area contributed by atoms with Gasteiger partial charge in [-0.2, -0.15) is 24.4 Å². The van der Waals surface area contributed by atoms with Gasteiger partial charge in [-0.1, -0.05) is 12.1 Å². The van der Waals surface area contributed by atoms with E-state index >= 15 is 0 Å². The fourth-order valence-corrected chi connectivity index (χ4v) is 3.41. The zero-order chi connectivity index (χ0) is 25.0. The first kappa shape index (κ1) is 28.6. The molecule has 0 aromatic heterocycles. The van der Waals surface area contributed by atoms with Crippen molar-refractivity contribution < 1.29 is 34.5 Å². The van der Waals surface area contributed by atoms with Crippen molar-refractivity contribution in [3.63, 3.8) is 0 Å². The third-order valence-electron chi connectivity index (χ3n) is 4.59. The number of benzene rings is 1. The van der Waals surface area contributed by atoms with Gasteiger partial charge in [0.15, 0.2) is 0 Å². The zero-order valence-electron chi connectivity index (χ0n) is 18.1. The number of hydrogen-bond acceptors (Lipinski definition) is 9. The number of thioether (sulfide) groups is 1. The summed E-state index contributed by atoms with van der Waals surface area (Å²) < 4.78 is 0. The number of aliphatic hydroxyl groups excluding tert-OH is 1. The maximum Gasteiger partial charge on any atom is 0.326 e. The Bertz CT molecular complexity index is 810. The van der Waals surface area contributed by atoms with Crippen LogP contribution in [0.5, 0.6) is 5.75 Å². The number of amides is 3. The van der Waals surface area contributed by atoms with Crippen LogP contribution in [0.3, 0.4) is 0 Å². The van der Waals surface area contributed by atoms with Gasteiger partial charge in [-0.25, -0.2) is 4.79 Å². The van der Waals surface area contributed by atoms with Crippen LogP contribution in [0.15, 0.2) is 24.3 Å². The first-order valence-electron chi connectivity index (χ1n) is 10.0. The third kappa shape index (κ3) is 9.90. The van der Waals surface area contributed by atoms with E-state index in [1.165, 1.54) is 23.9 Å². The lowest BCUT2D eigenvalue weighted by Gasteiger charge is -2.23. The molecule has 0 heterocycles. The Labute approximate surface area is 201 Å². The molecule has 1 aromatic rings. The van der Waals surface area contributed by atoms with E-state index in [-0.39, 0.29) is 24.3 Å². The number of nitrogens with two attached hydrogens (primary N) is 1. The quantitative estimate of drug-likeness (QED) is 0.140. The number of aliphatic hydroxyl groups is 1. The SMILES string of the molecule is CSCCC(NC(=O)C(CS)NC(=O)C(CO)NC(=O)C(N)Cc1ccc(O)cc1)C(=O)O. The molecule has 0 bridgehead atoms. The van der Waals surface area contributed by atoms with E-state index < -0.39 is 54.5 Å². The molecule has 0 radical (unpaired) electrons. The van der Waals surface area contributed by atoms with Gasteiger partial charge >= 0.3 is 5.97 Å². The highest BCUT2D eigenvalue weighted by molar-refractivity contribution is 7.98. The van der Waals surface area contributed by atoms with Crippen molar-refractivity contribution in [2.75, 3.05) is 24.4 Å². The van der Waals surface area contributed by atoms with Crippen LogP contribution in [-0.4, -0.2) is 87.5 Å². The number of carbonyl (C=O) groups excluding carboxylic acids is 3. The average molecular weight is 503 g/mol. The first-order chi connectivity index (χ1) is 15.6. The molecule has 33 heavy (non-hydrogen) atoms. The zero-order valence-corrected chi connectivity index (χ0v) is 19.8. The lowest BCUT2D eigenvalue weighted by molar-refractivity contribution is -0.142. The monoisotopic (exact) mass is 502 g/mol. The van der Waals surface area contributed by atoms with Crippen LogP contribution in [0, 0.1) is 0 Å². The predicted octanol–water partition coefficient (Wildman–Crippen LogP) is -1.52. The predicted molar refractivity (Wildman–Crippen MR) is 127 cm³/mol. The number of carbonyl (C=O) groups is 4. The minimum atomic E-state index is -1.38. The lowest BCUT2D eigenvalue weighted by atomic mass is 10.1. The summed E-state index contributed by atoms with van der Waals surface area (Å²) in [6, 6.07) is 1.35. The molecule has 0 spiro atoms. The molecule has 184 valence electrons. The number of carboxylic acid groups (broad SMARTS) is 1. The van der Waals surface area contributed by atoms with Crippen molar-refractivity contribution in [3.8, 4) is 5.75 Å². The Morgan fingerprint density at radius 2 is 1.55 bits per heavy atom. The summed E-state index contributed by atoms with van der Waals surface area (Å²) in [5, 5.41) is 35.1. The number of phenols is 1. The number of aliphatic carboxylic acids is 1. The van der Waals surface area contributed by atoms with Gasteiger partial charge in [0.25, 0.3) is 0 Å². The average Bonchev–Trinajstić information content (AvgIpc) is 2.79. The Morgan fingerprint density at radius 3 is 2.06 bits per heavy atom. The number of hydrogen-bond donors (Lipinski definition) is 8. The van der Waals surface area contributed by atoms with Gasteiger partial charge in [0.2, 0.25) is 17.7 Å². The van der Waals surface area contributed by atoms with Crippen LogP contribution in [0.4, 0.5) is 0 Å².